The molecular weight excluding hydrogens is 174 g/mol. The summed E-state index contributed by atoms with van der Waals surface area (Å²) >= 11 is 0. The van der Waals surface area contributed by atoms with E-state index < -0.39 is 0 Å². The fourth-order valence-corrected chi connectivity index (χ4v) is 1.91. The number of aromatic nitrogens is 1. The van der Waals surface area contributed by atoms with Crippen LogP contribution in [-0.2, 0) is 13.5 Å². The molecular formula is C12H15NO. The standard InChI is InChI=1S/C12H15NO/c1-4-9-8-10-11(13(9)2)6-5-7-12(10)14-3/h5-8H,4H2,1-3H3. The maximum Gasteiger partial charge on any atom is 0.128 e. The molecule has 0 aliphatic heterocycles. The Hall–Kier alpha value is -1.44. The number of ether oxygens (including phenoxy) is 1. The molecule has 0 bridgehead atoms. The topological polar surface area (TPSA) is 14.2 Å². The van der Waals surface area contributed by atoms with Gasteiger partial charge in [-0.2, -0.15) is 0 Å². The molecule has 0 saturated heterocycles. The van der Waals surface area contributed by atoms with Crippen molar-refractivity contribution >= 4 is 10.9 Å². The first-order valence-corrected chi connectivity index (χ1v) is 4.89. The van der Waals surface area contributed by atoms with Gasteiger partial charge in [0, 0.05) is 18.1 Å². The third-order valence-electron chi connectivity index (χ3n) is 2.73. The highest BCUT2D eigenvalue weighted by Crippen LogP contribution is 2.27. The van der Waals surface area contributed by atoms with Crippen LogP contribution in [0.25, 0.3) is 10.9 Å². The minimum absolute atomic E-state index is 0.956. The van der Waals surface area contributed by atoms with E-state index in [-0.39, 0.29) is 0 Å². The summed E-state index contributed by atoms with van der Waals surface area (Å²) in [6.45, 7) is 2.17. The van der Waals surface area contributed by atoms with E-state index in [1.54, 1.807) is 7.11 Å². The predicted molar refractivity (Wildman–Crippen MR) is 58.8 cm³/mol. The summed E-state index contributed by atoms with van der Waals surface area (Å²) < 4.78 is 7.55. The van der Waals surface area contributed by atoms with Gasteiger partial charge >= 0.3 is 0 Å². The van der Waals surface area contributed by atoms with Gasteiger partial charge in [0.15, 0.2) is 0 Å². The van der Waals surface area contributed by atoms with Crippen LogP contribution in [0.5, 0.6) is 5.75 Å². The monoisotopic (exact) mass is 189 g/mol. The third kappa shape index (κ3) is 1.18. The van der Waals surface area contributed by atoms with Crippen molar-refractivity contribution in [3.8, 4) is 5.75 Å². The zero-order chi connectivity index (χ0) is 10.1. The molecule has 0 spiro atoms. The van der Waals surface area contributed by atoms with Gasteiger partial charge in [0.1, 0.15) is 5.75 Å². The van der Waals surface area contributed by atoms with Crippen LogP contribution in [0.4, 0.5) is 0 Å². The summed E-state index contributed by atoms with van der Waals surface area (Å²) in [7, 11) is 3.81. The summed E-state index contributed by atoms with van der Waals surface area (Å²) in [5.74, 6) is 0.956. The fourth-order valence-electron chi connectivity index (χ4n) is 1.91. The van der Waals surface area contributed by atoms with Crippen LogP contribution in [-0.4, -0.2) is 11.7 Å². The van der Waals surface area contributed by atoms with E-state index in [9.17, 15) is 0 Å². The molecule has 0 unspecified atom stereocenters. The van der Waals surface area contributed by atoms with Gasteiger partial charge < -0.3 is 9.30 Å². The zero-order valence-corrected chi connectivity index (χ0v) is 8.87. The number of nitrogens with zero attached hydrogens (tertiary/aromatic N) is 1. The number of rotatable bonds is 2. The normalized spacial score (nSPS) is 10.8. The summed E-state index contributed by atoms with van der Waals surface area (Å²) in [6, 6.07) is 8.35. The highest BCUT2D eigenvalue weighted by Gasteiger charge is 2.07. The van der Waals surface area contributed by atoms with E-state index in [1.165, 1.54) is 16.6 Å². The minimum atomic E-state index is 0.956. The van der Waals surface area contributed by atoms with Gasteiger partial charge in [-0.3, -0.25) is 0 Å². The number of hydrogen-bond donors (Lipinski definition) is 0. The molecule has 0 aliphatic carbocycles. The van der Waals surface area contributed by atoms with E-state index in [4.69, 9.17) is 4.74 Å². The van der Waals surface area contributed by atoms with E-state index >= 15 is 0 Å². The number of benzene rings is 1. The van der Waals surface area contributed by atoms with Crippen LogP contribution in [0.2, 0.25) is 0 Å². The van der Waals surface area contributed by atoms with Gasteiger partial charge in [-0.25, -0.2) is 0 Å². The summed E-state index contributed by atoms with van der Waals surface area (Å²) in [6.07, 6.45) is 1.05. The van der Waals surface area contributed by atoms with Crippen molar-refractivity contribution in [2.45, 2.75) is 13.3 Å². The number of aryl methyl sites for hydroxylation is 2. The van der Waals surface area contributed by atoms with Crippen molar-refractivity contribution < 1.29 is 4.74 Å². The molecule has 2 heteroatoms. The highest BCUT2D eigenvalue weighted by atomic mass is 16.5. The molecule has 74 valence electrons. The van der Waals surface area contributed by atoms with Crippen molar-refractivity contribution in [2.75, 3.05) is 7.11 Å². The van der Waals surface area contributed by atoms with Gasteiger partial charge in [-0.1, -0.05) is 13.0 Å². The second-order valence-electron chi connectivity index (χ2n) is 3.44. The second-order valence-corrected chi connectivity index (χ2v) is 3.44. The Kier molecular flexibility index (Phi) is 2.20. The maximum atomic E-state index is 5.33. The Bertz CT molecular complexity index is 457. The van der Waals surface area contributed by atoms with Gasteiger partial charge in [0.2, 0.25) is 0 Å². The molecule has 1 heterocycles. The molecule has 14 heavy (non-hydrogen) atoms. The van der Waals surface area contributed by atoms with Crippen LogP contribution >= 0.6 is 0 Å². The fraction of sp³-hybridized carbons (Fsp3) is 0.333. The van der Waals surface area contributed by atoms with Gasteiger partial charge in [0.25, 0.3) is 0 Å². The van der Waals surface area contributed by atoms with Crippen molar-refractivity contribution in [3.05, 3.63) is 30.0 Å². The number of methoxy groups -OCH3 is 1. The molecule has 0 fully saturated rings. The largest absolute Gasteiger partial charge is 0.496 e. The number of fused-ring (bicyclic) bond motifs is 1. The maximum absolute atomic E-state index is 5.33. The Morgan fingerprint density at radius 2 is 2.14 bits per heavy atom. The smallest absolute Gasteiger partial charge is 0.128 e. The van der Waals surface area contributed by atoms with E-state index in [2.05, 4.69) is 30.7 Å². The zero-order valence-electron chi connectivity index (χ0n) is 8.87. The molecule has 1 aromatic heterocycles. The third-order valence-corrected chi connectivity index (χ3v) is 2.73. The molecule has 0 radical (unpaired) electrons. The first-order valence-electron chi connectivity index (χ1n) is 4.89. The molecule has 0 aliphatic rings. The van der Waals surface area contributed by atoms with Crippen molar-refractivity contribution in [3.63, 3.8) is 0 Å². The molecule has 0 atom stereocenters. The van der Waals surface area contributed by atoms with Gasteiger partial charge in [0.05, 0.1) is 12.6 Å². The average Bonchev–Trinajstić information content (AvgIpc) is 2.55. The summed E-state index contributed by atoms with van der Waals surface area (Å²) in [5, 5.41) is 1.20. The lowest BCUT2D eigenvalue weighted by molar-refractivity contribution is 0.420. The highest BCUT2D eigenvalue weighted by molar-refractivity contribution is 5.87. The molecule has 2 rings (SSSR count). The van der Waals surface area contributed by atoms with Crippen LogP contribution in [0.1, 0.15) is 12.6 Å². The lowest BCUT2D eigenvalue weighted by Gasteiger charge is -2.02. The Labute approximate surface area is 84.1 Å². The average molecular weight is 189 g/mol. The molecule has 0 N–H and O–H groups in total. The molecule has 0 saturated carbocycles. The lowest BCUT2D eigenvalue weighted by atomic mass is 10.2. The van der Waals surface area contributed by atoms with Crippen LogP contribution < -0.4 is 4.74 Å². The van der Waals surface area contributed by atoms with Gasteiger partial charge in [-0.05, 0) is 24.6 Å². The van der Waals surface area contributed by atoms with Crippen molar-refractivity contribution in [2.24, 2.45) is 7.05 Å². The van der Waals surface area contributed by atoms with E-state index in [1.807, 2.05) is 12.1 Å². The minimum Gasteiger partial charge on any atom is -0.496 e. The van der Waals surface area contributed by atoms with E-state index in [0.717, 1.165) is 12.2 Å². The van der Waals surface area contributed by atoms with Gasteiger partial charge in [-0.15, -0.1) is 0 Å². The quantitative estimate of drug-likeness (QED) is 0.708. The van der Waals surface area contributed by atoms with E-state index in [0.29, 0.717) is 0 Å². The molecule has 2 aromatic rings. The van der Waals surface area contributed by atoms with Crippen LogP contribution in [0.15, 0.2) is 24.3 Å². The lowest BCUT2D eigenvalue weighted by Crippen LogP contribution is -1.93. The predicted octanol–water partition coefficient (Wildman–Crippen LogP) is 2.75. The Morgan fingerprint density at radius 1 is 1.36 bits per heavy atom. The Morgan fingerprint density at radius 3 is 2.79 bits per heavy atom. The summed E-state index contributed by atoms with van der Waals surface area (Å²) in [4.78, 5) is 0. The van der Waals surface area contributed by atoms with Crippen LogP contribution in [0, 0.1) is 0 Å². The van der Waals surface area contributed by atoms with Crippen molar-refractivity contribution in [1.29, 1.82) is 0 Å². The molecule has 2 nitrogen and oxygen atoms in total. The second kappa shape index (κ2) is 3.37. The number of hydrogen-bond acceptors (Lipinski definition) is 1. The molecule has 1 aromatic carbocycles. The van der Waals surface area contributed by atoms with Crippen molar-refractivity contribution in [1.82, 2.24) is 4.57 Å². The Balaban J connectivity index is 2.77. The molecule has 0 amide bonds. The summed E-state index contributed by atoms with van der Waals surface area (Å²) in [5.41, 5.74) is 2.57. The van der Waals surface area contributed by atoms with Crippen LogP contribution in [0.3, 0.4) is 0 Å². The first kappa shape index (κ1) is 9.13. The first-order chi connectivity index (χ1) is 6.77. The SMILES string of the molecule is CCc1cc2c(OC)cccc2n1C.